The lowest BCUT2D eigenvalue weighted by Gasteiger charge is -2.06. The van der Waals surface area contributed by atoms with Crippen molar-refractivity contribution in [2.24, 2.45) is 10.2 Å². The van der Waals surface area contributed by atoms with Crippen molar-refractivity contribution in [3.05, 3.63) is 0 Å². The van der Waals surface area contributed by atoms with Gasteiger partial charge in [-0.15, -0.1) is 12.3 Å². The minimum absolute atomic E-state index is 0.275. The van der Waals surface area contributed by atoms with Crippen molar-refractivity contribution in [3.8, 4) is 12.3 Å². The molecule has 3 nitrogen and oxygen atoms in total. The molecule has 0 fully saturated rings. The highest BCUT2D eigenvalue weighted by atomic mass is 16.1. The smallest absolute Gasteiger partial charge is 0.192 e. The number of Topliss-reactive ketones (excluding diaryl/α,β-unsaturated/α-hetero) is 1. The molecule has 0 spiro atoms. The van der Waals surface area contributed by atoms with Gasteiger partial charge in [0.15, 0.2) is 5.66 Å². The van der Waals surface area contributed by atoms with Crippen LogP contribution in [0.3, 0.4) is 0 Å². The Bertz CT molecular complexity index is 257. The van der Waals surface area contributed by atoms with Gasteiger partial charge in [-0.1, -0.05) is 6.92 Å². The van der Waals surface area contributed by atoms with Gasteiger partial charge >= 0.3 is 0 Å². The molecular formula is C10H14N2O. The SMILES string of the molecule is C#CCCC1(CCC(=O)CC)N=N1. The van der Waals surface area contributed by atoms with Crippen LogP contribution in [0.2, 0.25) is 0 Å². The van der Waals surface area contributed by atoms with Crippen molar-refractivity contribution in [2.75, 3.05) is 0 Å². The summed E-state index contributed by atoms with van der Waals surface area (Å²) in [7, 11) is 0. The molecule has 0 aliphatic carbocycles. The molecule has 0 amide bonds. The van der Waals surface area contributed by atoms with E-state index in [1.54, 1.807) is 0 Å². The average Bonchev–Trinajstić information content (AvgIpc) is 2.92. The average molecular weight is 178 g/mol. The number of nitrogens with zero attached hydrogens (tertiary/aromatic N) is 2. The number of carbonyl (C=O) groups excluding carboxylic acids is 1. The molecule has 0 saturated heterocycles. The zero-order valence-electron chi connectivity index (χ0n) is 7.92. The van der Waals surface area contributed by atoms with Crippen LogP contribution in [0.25, 0.3) is 0 Å². The zero-order valence-corrected chi connectivity index (χ0v) is 7.92. The van der Waals surface area contributed by atoms with Gasteiger partial charge in [-0.2, -0.15) is 10.2 Å². The first-order chi connectivity index (χ1) is 6.22. The molecule has 0 N–H and O–H groups in total. The van der Waals surface area contributed by atoms with E-state index in [4.69, 9.17) is 6.42 Å². The molecule has 1 aliphatic heterocycles. The van der Waals surface area contributed by atoms with Crippen LogP contribution in [0.1, 0.15) is 39.0 Å². The minimum Gasteiger partial charge on any atom is -0.300 e. The van der Waals surface area contributed by atoms with Gasteiger partial charge in [0.1, 0.15) is 5.78 Å². The standard InChI is InChI=1S/C10H14N2O/c1-3-5-7-10(11-12-10)8-6-9(13)4-2/h1H,4-8H2,2H3. The Kier molecular flexibility index (Phi) is 3.18. The Morgan fingerprint density at radius 2 is 2.15 bits per heavy atom. The van der Waals surface area contributed by atoms with Gasteiger partial charge in [-0.25, -0.2) is 0 Å². The van der Waals surface area contributed by atoms with E-state index in [0.29, 0.717) is 19.3 Å². The largest absolute Gasteiger partial charge is 0.300 e. The molecule has 1 heterocycles. The van der Waals surface area contributed by atoms with Gasteiger partial charge in [0.25, 0.3) is 0 Å². The number of carbonyl (C=O) groups is 1. The third kappa shape index (κ3) is 2.98. The summed E-state index contributed by atoms with van der Waals surface area (Å²) < 4.78 is 0. The van der Waals surface area contributed by atoms with Crippen molar-refractivity contribution in [1.29, 1.82) is 0 Å². The lowest BCUT2D eigenvalue weighted by molar-refractivity contribution is -0.119. The van der Waals surface area contributed by atoms with Gasteiger partial charge in [-0.3, -0.25) is 4.79 Å². The Labute approximate surface area is 78.6 Å². The van der Waals surface area contributed by atoms with Crippen LogP contribution in [0.15, 0.2) is 10.2 Å². The van der Waals surface area contributed by atoms with E-state index in [1.807, 2.05) is 6.92 Å². The highest BCUT2D eigenvalue weighted by molar-refractivity contribution is 5.78. The summed E-state index contributed by atoms with van der Waals surface area (Å²) in [6.07, 6.45) is 8.54. The number of hydrogen-bond donors (Lipinski definition) is 0. The minimum atomic E-state index is -0.281. The maximum Gasteiger partial charge on any atom is 0.192 e. The Morgan fingerprint density at radius 1 is 1.46 bits per heavy atom. The summed E-state index contributed by atoms with van der Waals surface area (Å²) in [5, 5.41) is 7.91. The van der Waals surface area contributed by atoms with E-state index in [0.717, 1.165) is 12.8 Å². The van der Waals surface area contributed by atoms with Crippen molar-refractivity contribution in [2.45, 2.75) is 44.7 Å². The van der Waals surface area contributed by atoms with Gasteiger partial charge in [-0.05, 0) is 0 Å². The predicted octanol–water partition coefficient (Wildman–Crippen LogP) is 2.32. The molecule has 13 heavy (non-hydrogen) atoms. The lowest BCUT2D eigenvalue weighted by atomic mass is 10.0. The number of ketones is 1. The van der Waals surface area contributed by atoms with E-state index >= 15 is 0 Å². The van der Waals surface area contributed by atoms with Crippen molar-refractivity contribution >= 4 is 5.78 Å². The molecule has 70 valence electrons. The van der Waals surface area contributed by atoms with Crippen LogP contribution in [0, 0.1) is 12.3 Å². The molecule has 0 unspecified atom stereocenters. The van der Waals surface area contributed by atoms with Gasteiger partial charge < -0.3 is 0 Å². The van der Waals surface area contributed by atoms with Crippen LogP contribution in [0.4, 0.5) is 0 Å². The number of rotatable bonds is 6. The summed E-state index contributed by atoms with van der Waals surface area (Å²) in [5.41, 5.74) is -0.281. The van der Waals surface area contributed by atoms with Crippen molar-refractivity contribution < 1.29 is 4.79 Å². The summed E-state index contributed by atoms with van der Waals surface area (Å²) in [4.78, 5) is 11.0. The van der Waals surface area contributed by atoms with Gasteiger partial charge in [0.2, 0.25) is 0 Å². The maximum atomic E-state index is 11.0. The molecule has 0 aromatic heterocycles. The van der Waals surface area contributed by atoms with Crippen LogP contribution >= 0.6 is 0 Å². The third-order valence-electron chi connectivity index (χ3n) is 2.25. The molecule has 0 bridgehead atoms. The maximum absolute atomic E-state index is 11.0. The highest BCUT2D eigenvalue weighted by Gasteiger charge is 2.38. The van der Waals surface area contributed by atoms with E-state index < -0.39 is 0 Å². The third-order valence-corrected chi connectivity index (χ3v) is 2.25. The summed E-state index contributed by atoms with van der Waals surface area (Å²) >= 11 is 0. The van der Waals surface area contributed by atoms with Gasteiger partial charge in [0.05, 0.1) is 0 Å². The van der Waals surface area contributed by atoms with Crippen molar-refractivity contribution in [1.82, 2.24) is 0 Å². The van der Waals surface area contributed by atoms with Crippen LogP contribution in [0.5, 0.6) is 0 Å². The fraction of sp³-hybridized carbons (Fsp3) is 0.700. The topological polar surface area (TPSA) is 41.8 Å². The molecule has 0 saturated carbocycles. The molecule has 1 rings (SSSR count). The van der Waals surface area contributed by atoms with E-state index in [9.17, 15) is 4.79 Å². The van der Waals surface area contributed by atoms with E-state index in [-0.39, 0.29) is 11.4 Å². The Morgan fingerprint density at radius 3 is 2.62 bits per heavy atom. The Hall–Kier alpha value is -1.17. The quantitative estimate of drug-likeness (QED) is 0.575. The second kappa shape index (κ2) is 4.18. The summed E-state index contributed by atoms with van der Waals surface area (Å²) in [6.45, 7) is 1.87. The molecular weight excluding hydrogens is 164 g/mol. The van der Waals surface area contributed by atoms with Crippen LogP contribution < -0.4 is 0 Å². The fourth-order valence-electron chi connectivity index (χ4n) is 1.18. The van der Waals surface area contributed by atoms with E-state index in [2.05, 4.69) is 16.1 Å². The highest BCUT2D eigenvalue weighted by Crippen LogP contribution is 2.37. The predicted molar refractivity (Wildman–Crippen MR) is 50.2 cm³/mol. The van der Waals surface area contributed by atoms with Crippen LogP contribution in [-0.4, -0.2) is 11.4 Å². The Balaban J connectivity index is 2.21. The monoisotopic (exact) mass is 178 g/mol. The van der Waals surface area contributed by atoms with Crippen molar-refractivity contribution in [3.63, 3.8) is 0 Å². The fourth-order valence-corrected chi connectivity index (χ4v) is 1.18. The molecule has 0 aromatic carbocycles. The lowest BCUT2D eigenvalue weighted by Crippen LogP contribution is -2.12. The first-order valence-electron chi connectivity index (χ1n) is 4.61. The second-order valence-electron chi connectivity index (χ2n) is 3.28. The summed E-state index contributed by atoms with van der Waals surface area (Å²) in [5.74, 6) is 2.84. The molecule has 1 aliphatic rings. The van der Waals surface area contributed by atoms with Crippen LogP contribution in [-0.2, 0) is 4.79 Å². The molecule has 0 aromatic rings. The zero-order chi connectivity index (χ0) is 9.73. The number of hydrogen-bond acceptors (Lipinski definition) is 3. The molecule has 3 heteroatoms. The first kappa shape index (κ1) is 9.91. The first-order valence-corrected chi connectivity index (χ1v) is 4.61. The molecule has 0 radical (unpaired) electrons. The molecule has 0 atom stereocenters. The second-order valence-corrected chi connectivity index (χ2v) is 3.28. The van der Waals surface area contributed by atoms with Gasteiger partial charge in [0, 0.05) is 32.1 Å². The number of terminal acetylenes is 1. The normalized spacial score (nSPS) is 16.6. The summed E-state index contributed by atoms with van der Waals surface area (Å²) in [6, 6.07) is 0. The van der Waals surface area contributed by atoms with E-state index in [1.165, 1.54) is 0 Å².